The van der Waals surface area contributed by atoms with Crippen molar-refractivity contribution >= 4 is 64.0 Å². The summed E-state index contributed by atoms with van der Waals surface area (Å²) in [7, 11) is 0. The Morgan fingerprint density at radius 2 is 0.889 bits per heavy atom. The second kappa shape index (κ2) is 11.9. The zero-order valence-corrected chi connectivity index (χ0v) is 35.7. The normalized spacial score (nSPS) is 15.1. The first-order valence-electron chi connectivity index (χ1n) is 20.8. The van der Waals surface area contributed by atoms with Crippen LogP contribution in [0.25, 0.3) is 22.3 Å². The lowest BCUT2D eigenvalue weighted by Crippen LogP contribution is -2.69. The molecule has 4 heterocycles. The summed E-state index contributed by atoms with van der Waals surface area (Å²) < 4.78 is 0. The van der Waals surface area contributed by atoms with Crippen molar-refractivity contribution in [2.45, 2.75) is 140 Å². The minimum Gasteiger partial charge on any atom is -0.377 e. The molecule has 4 aliphatic heterocycles. The molecule has 0 amide bonds. The largest absolute Gasteiger partial charge is 0.377 e. The maximum absolute atomic E-state index is 2.85. The smallest absolute Gasteiger partial charge is 0.329 e. The van der Waals surface area contributed by atoms with Crippen molar-refractivity contribution in [1.29, 1.82) is 0 Å². The molecule has 0 saturated heterocycles. The Hall–Kier alpha value is -3.62. The van der Waals surface area contributed by atoms with Gasteiger partial charge in [0.15, 0.2) is 0 Å². The Balaban J connectivity index is 1.45. The van der Waals surface area contributed by atoms with Crippen molar-refractivity contribution in [1.82, 2.24) is 0 Å². The van der Waals surface area contributed by atoms with Crippen LogP contribution in [0.2, 0.25) is 0 Å². The summed E-state index contributed by atoms with van der Waals surface area (Å²) in [6.07, 6.45) is 4.41. The topological polar surface area (TPSA) is 3.24 Å². The molecule has 0 atom stereocenters. The monoisotopic (exact) mass is 725 g/mol. The van der Waals surface area contributed by atoms with Crippen LogP contribution in [0.3, 0.4) is 0 Å². The van der Waals surface area contributed by atoms with Crippen LogP contribution in [-0.4, -0.2) is 13.6 Å². The molecule has 4 heteroatoms. The number of hydrogen-bond acceptors (Lipinski definition) is 2. The molecular formula is C50H57B2NS. The first kappa shape index (κ1) is 36.0. The van der Waals surface area contributed by atoms with E-state index in [0.29, 0.717) is 0 Å². The third kappa shape index (κ3) is 4.93. The predicted octanol–water partition coefficient (Wildman–Crippen LogP) is 10.6. The fraction of sp³-hybridized carbons (Fsp3) is 0.400. The first-order chi connectivity index (χ1) is 25.6. The molecule has 5 aromatic rings. The minimum atomic E-state index is 0.0467. The van der Waals surface area contributed by atoms with E-state index in [0.717, 1.165) is 25.7 Å². The number of rotatable bonds is 8. The third-order valence-corrected chi connectivity index (χ3v) is 16.3. The molecule has 4 aliphatic rings. The van der Waals surface area contributed by atoms with Crippen LogP contribution < -0.4 is 32.1 Å². The van der Waals surface area contributed by atoms with Crippen molar-refractivity contribution in [2.75, 3.05) is 4.81 Å². The van der Waals surface area contributed by atoms with E-state index in [-0.39, 0.29) is 35.2 Å². The zero-order valence-electron chi connectivity index (χ0n) is 34.8. The second-order valence-electron chi connectivity index (χ2n) is 19.4. The summed E-state index contributed by atoms with van der Waals surface area (Å²) in [5, 5.41) is 0. The van der Waals surface area contributed by atoms with E-state index in [4.69, 9.17) is 0 Å². The van der Waals surface area contributed by atoms with Gasteiger partial charge < -0.3 is 4.81 Å². The van der Waals surface area contributed by atoms with E-state index in [2.05, 4.69) is 167 Å². The lowest BCUT2D eigenvalue weighted by atomic mass is 9.31. The highest BCUT2D eigenvalue weighted by Gasteiger charge is 2.52. The van der Waals surface area contributed by atoms with Crippen LogP contribution in [0, 0.1) is 0 Å². The average Bonchev–Trinajstić information content (AvgIpc) is 3.18. The van der Waals surface area contributed by atoms with Gasteiger partial charge in [-0.3, -0.25) is 0 Å². The molecule has 0 unspecified atom stereocenters. The van der Waals surface area contributed by atoms with Gasteiger partial charge >= 0.3 is 6.85 Å². The number of anilines is 2. The van der Waals surface area contributed by atoms with Crippen LogP contribution in [0.1, 0.15) is 131 Å². The van der Waals surface area contributed by atoms with Gasteiger partial charge in [0.25, 0.3) is 0 Å². The van der Waals surface area contributed by atoms with Crippen molar-refractivity contribution in [3.05, 3.63) is 101 Å². The first-order valence-corrected chi connectivity index (χ1v) is 21.6. The molecule has 274 valence electrons. The van der Waals surface area contributed by atoms with Crippen molar-refractivity contribution in [2.24, 2.45) is 0 Å². The fourth-order valence-electron chi connectivity index (χ4n) is 9.60. The van der Waals surface area contributed by atoms with E-state index in [1.54, 1.807) is 0 Å². The molecule has 0 aliphatic carbocycles. The maximum atomic E-state index is 2.85. The van der Waals surface area contributed by atoms with E-state index >= 15 is 0 Å². The van der Waals surface area contributed by atoms with Gasteiger partial charge in [-0.15, -0.1) is 0 Å². The number of hydrogen-bond donors (Lipinski definition) is 0. The fourth-order valence-corrected chi connectivity index (χ4v) is 10.7. The van der Waals surface area contributed by atoms with Crippen LogP contribution >= 0.6 is 11.8 Å². The molecule has 0 spiro atoms. The van der Waals surface area contributed by atoms with Gasteiger partial charge in [-0.2, -0.15) is 0 Å². The molecule has 0 fully saturated rings. The lowest BCUT2D eigenvalue weighted by molar-refractivity contribution is 0.506. The minimum absolute atomic E-state index is 0.0467. The summed E-state index contributed by atoms with van der Waals surface area (Å²) in [6, 6.07) is 32.7. The number of nitrogens with zero attached hydrogens (tertiary/aromatic N) is 1. The summed E-state index contributed by atoms with van der Waals surface area (Å²) in [5.74, 6) is 0. The molecule has 9 rings (SSSR count). The lowest BCUT2D eigenvalue weighted by Gasteiger charge is -2.51. The summed E-state index contributed by atoms with van der Waals surface area (Å²) in [4.78, 5) is 5.67. The van der Waals surface area contributed by atoms with Crippen LogP contribution in [0.15, 0.2) is 88.7 Å². The van der Waals surface area contributed by atoms with Gasteiger partial charge in [-0.1, -0.05) is 161 Å². The van der Waals surface area contributed by atoms with Crippen molar-refractivity contribution < 1.29 is 0 Å². The predicted molar refractivity (Wildman–Crippen MR) is 239 cm³/mol. The van der Waals surface area contributed by atoms with Gasteiger partial charge in [-0.25, -0.2) is 0 Å². The van der Waals surface area contributed by atoms with Crippen molar-refractivity contribution in [3.63, 3.8) is 0 Å². The highest BCUT2D eigenvalue weighted by atomic mass is 32.2. The molecule has 54 heavy (non-hydrogen) atoms. The van der Waals surface area contributed by atoms with Crippen molar-refractivity contribution in [3.8, 4) is 22.3 Å². The second-order valence-corrected chi connectivity index (χ2v) is 20.5. The quantitative estimate of drug-likeness (QED) is 0.144. The van der Waals surface area contributed by atoms with Gasteiger partial charge in [0.2, 0.25) is 6.71 Å². The number of fused-ring (bicyclic) bond motifs is 9. The van der Waals surface area contributed by atoms with Gasteiger partial charge in [0.1, 0.15) is 0 Å². The highest BCUT2D eigenvalue weighted by Crippen LogP contribution is 2.51. The molecule has 0 bridgehead atoms. The third-order valence-electron chi connectivity index (χ3n) is 15.1. The summed E-state index contributed by atoms with van der Waals surface area (Å²) >= 11 is 1.99. The maximum Gasteiger partial charge on any atom is 0.329 e. The summed E-state index contributed by atoms with van der Waals surface area (Å²) in [5.41, 5.74) is 22.0. The summed E-state index contributed by atoms with van der Waals surface area (Å²) in [6.45, 7) is 29.0. The molecule has 0 N–H and O–H groups in total. The zero-order chi connectivity index (χ0) is 38.3. The standard InChI is InChI=1S/C50H57B2NS/c1-13-47(5,6)30-17-20-34-36-22-24-43-44-46(36)53-45-37(35-21-18-31(48(7,8)14-2)27-39(35)52(53)38(34)26-30)25-33(50(11,12)16-4)29-41(45)51(44)40-28-32(49(9,10)15-3)19-23-42(40)54-43/h17-29H,13-16H2,1-12H3. The molecule has 0 aromatic heterocycles. The van der Waals surface area contributed by atoms with E-state index in [9.17, 15) is 0 Å². The molecule has 0 saturated carbocycles. The van der Waals surface area contributed by atoms with E-state index < -0.39 is 0 Å². The van der Waals surface area contributed by atoms with Gasteiger partial charge in [0, 0.05) is 32.3 Å². The van der Waals surface area contributed by atoms with Crippen LogP contribution in [0.4, 0.5) is 11.4 Å². The van der Waals surface area contributed by atoms with E-state index in [1.807, 2.05) is 11.8 Å². The Labute approximate surface area is 330 Å². The SMILES string of the molecule is CCC(C)(C)c1ccc2c(c1)B1c3cc(C(C)(C)CC)cc4c3N3B(c5cc(C(C)(C)CC)ccc5-4)c4cc(C(C)(C)CC)ccc4-c4ccc(c1c43)S2. The van der Waals surface area contributed by atoms with Crippen LogP contribution in [0.5, 0.6) is 0 Å². The molecular weight excluding hydrogens is 668 g/mol. The molecule has 0 radical (unpaired) electrons. The van der Waals surface area contributed by atoms with Gasteiger partial charge in [0.05, 0.1) is 0 Å². The average molecular weight is 726 g/mol. The molecule has 1 nitrogen and oxygen atoms in total. The van der Waals surface area contributed by atoms with E-state index in [1.165, 1.54) is 93.0 Å². The Kier molecular flexibility index (Phi) is 7.97. The Bertz CT molecular complexity index is 2400. The highest BCUT2D eigenvalue weighted by molar-refractivity contribution is 8.00. The van der Waals surface area contributed by atoms with Gasteiger partial charge in [-0.05, 0) is 121 Å². The number of benzene rings is 5. The van der Waals surface area contributed by atoms with Crippen LogP contribution in [-0.2, 0) is 21.7 Å². The Morgan fingerprint density at radius 3 is 1.44 bits per heavy atom. The molecule has 5 aromatic carbocycles. The Morgan fingerprint density at radius 1 is 0.444 bits per heavy atom.